The van der Waals surface area contributed by atoms with Crippen LogP contribution in [0, 0.1) is 23.2 Å². The average molecular weight is 274 g/mol. The minimum absolute atomic E-state index is 0.0724. The van der Waals surface area contributed by atoms with Gasteiger partial charge in [0.05, 0.1) is 6.10 Å². The molecule has 0 heterocycles. The molecule has 2 nitrogen and oxygen atoms in total. The van der Waals surface area contributed by atoms with Crippen molar-refractivity contribution in [3.05, 3.63) is 11.1 Å². The Morgan fingerprint density at radius 2 is 1.95 bits per heavy atom. The Hall–Kier alpha value is -0.630. The third-order valence-corrected chi connectivity index (χ3v) is 7.15. The highest BCUT2D eigenvalue weighted by Crippen LogP contribution is 2.60. The van der Waals surface area contributed by atoms with Gasteiger partial charge in [-0.15, -0.1) is 0 Å². The lowest BCUT2D eigenvalue weighted by Gasteiger charge is -2.51. The fourth-order valence-corrected chi connectivity index (χ4v) is 6.02. The van der Waals surface area contributed by atoms with Gasteiger partial charge < -0.3 is 5.11 Å². The maximum atomic E-state index is 11.7. The predicted molar refractivity (Wildman–Crippen MR) is 78.2 cm³/mol. The molecule has 4 aliphatic rings. The molecular formula is C18H26O2. The average Bonchev–Trinajstić information content (AvgIpc) is 2.74. The van der Waals surface area contributed by atoms with Gasteiger partial charge in [-0.1, -0.05) is 18.1 Å². The van der Waals surface area contributed by atoms with Crippen molar-refractivity contribution in [2.75, 3.05) is 0 Å². The van der Waals surface area contributed by atoms with Gasteiger partial charge >= 0.3 is 0 Å². The zero-order chi connectivity index (χ0) is 13.9. The standard InChI is InChI=1S/C18H26O2/c1-18-9-8-14-13-5-3-12(19)10-11(13)2-4-15(14)16(18)6-7-17(18)20/h14-17,20H,2-10H2,1H3/t14-,15-,16-,17+,18+/m1/s1. The van der Waals surface area contributed by atoms with Gasteiger partial charge in [0.1, 0.15) is 5.78 Å². The quantitative estimate of drug-likeness (QED) is 0.685. The first kappa shape index (κ1) is 13.1. The molecule has 0 spiro atoms. The van der Waals surface area contributed by atoms with E-state index >= 15 is 0 Å². The van der Waals surface area contributed by atoms with Crippen LogP contribution in [0.25, 0.3) is 0 Å². The summed E-state index contributed by atoms with van der Waals surface area (Å²) in [6.07, 6.45) is 9.60. The molecule has 0 saturated heterocycles. The number of fused-ring (bicyclic) bond motifs is 4. The van der Waals surface area contributed by atoms with E-state index in [-0.39, 0.29) is 11.5 Å². The predicted octanol–water partition coefficient (Wildman–Crippen LogP) is 3.63. The third kappa shape index (κ3) is 1.70. The second-order valence-corrected chi connectivity index (χ2v) is 7.90. The highest BCUT2D eigenvalue weighted by Gasteiger charge is 2.54. The minimum atomic E-state index is -0.0724. The molecule has 4 aliphatic carbocycles. The number of rotatable bonds is 0. The summed E-state index contributed by atoms with van der Waals surface area (Å²) in [5.41, 5.74) is 3.36. The van der Waals surface area contributed by atoms with Gasteiger partial charge in [0.15, 0.2) is 0 Å². The Morgan fingerprint density at radius 3 is 2.80 bits per heavy atom. The van der Waals surface area contributed by atoms with Crippen molar-refractivity contribution < 1.29 is 9.90 Å². The van der Waals surface area contributed by atoms with E-state index in [4.69, 9.17) is 0 Å². The molecule has 0 aromatic carbocycles. The highest BCUT2D eigenvalue weighted by atomic mass is 16.3. The molecule has 2 fully saturated rings. The summed E-state index contributed by atoms with van der Waals surface area (Å²) in [6.45, 7) is 2.33. The number of ketones is 1. The Kier molecular flexibility index (Phi) is 2.89. The van der Waals surface area contributed by atoms with Gasteiger partial charge in [0, 0.05) is 12.8 Å². The first-order chi connectivity index (χ1) is 9.59. The third-order valence-electron chi connectivity index (χ3n) is 7.15. The lowest BCUT2D eigenvalue weighted by molar-refractivity contribution is -0.119. The molecule has 0 aromatic heterocycles. The van der Waals surface area contributed by atoms with Gasteiger partial charge in [-0.2, -0.15) is 0 Å². The van der Waals surface area contributed by atoms with Crippen LogP contribution < -0.4 is 0 Å². The maximum absolute atomic E-state index is 11.7. The summed E-state index contributed by atoms with van der Waals surface area (Å²) in [7, 11) is 0. The minimum Gasteiger partial charge on any atom is -0.393 e. The fourth-order valence-electron chi connectivity index (χ4n) is 6.02. The Labute approximate surface area is 121 Å². The molecule has 0 radical (unpaired) electrons. The van der Waals surface area contributed by atoms with E-state index in [1.54, 1.807) is 5.57 Å². The van der Waals surface area contributed by atoms with Crippen LogP contribution in [-0.4, -0.2) is 17.0 Å². The number of hydrogen-bond acceptors (Lipinski definition) is 2. The van der Waals surface area contributed by atoms with Crippen LogP contribution in [0.4, 0.5) is 0 Å². The lowest BCUT2D eigenvalue weighted by atomic mass is 9.54. The lowest BCUT2D eigenvalue weighted by Crippen LogP contribution is -2.45. The van der Waals surface area contributed by atoms with Gasteiger partial charge in [0.2, 0.25) is 0 Å². The first-order valence-electron chi connectivity index (χ1n) is 8.50. The summed E-state index contributed by atoms with van der Waals surface area (Å²) < 4.78 is 0. The van der Waals surface area contributed by atoms with Crippen molar-refractivity contribution in [1.82, 2.24) is 0 Å². The number of aliphatic hydroxyl groups excluding tert-OH is 1. The number of carbonyl (C=O) groups is 1. The molecule has 0 bridgehead atoms. The van der Waals surface area contributed by atoms with Crippen molar-refractivity contribution in [2.45, 2.75) is 70.8 Å². The van der Waals surface area contributed by atoms with Crippen LogP contribution in [0.3, 0.4) is 0 Å². The van der Waals surface area contributed by atoms with Crippen molar-refractivity contribution in [1.29, 1.82) is 0 Å². The molecule has 2 heteroatoms. The summed E-state index contributed by atoms with van der Waals surface area (Å²) in [5.74, 6) is 2.72. The van der Waals surface area contributed by atoms with Crippen LogP contribution in [-0.2, 0) is 4.79 Å². The smallest absolute Gasteiger partial charge is 0.137 e. The molecule has 0 amide bonds. The summed E-state index contributed by atoms with van der Waals surface area (Å²) in [4.78, 5) is 11.7. The number of Topliss-reactive ketones (excluding diaryl/α,β-unsaturated/α-hetero) is 1. The Bertz CT molecular complexity index is 478. The highest BCUT2D eigenvalue weighted by molar-refractivity contribution is 5.82. The summed E-state index contributed by atoms with van der Waals surface area (Å²) in [5, 5.41) is 10.4. The number of allylic oxidation sites excluding steroid dienone is 2. The van der Waals surface area contributed by atoms with Crippen molar-refractivity contribution >= 4 is 5.78 Å². The fraction of sp³-hybridized carbons (Fsp3) is 0.833. The number of carbonyl (C=O) groups excluding carboxylic acids is 1. The largest absolute Gasteiger partial charge is 0.393 e. The zero-order valence-electron chi connectivity index (χ0n) is 12.5. The molecule has 5 atom stereocenters. The van der Waals surface area contributed by atoms with Gasteiger partial charge in [-0.25, -0.2) is 0 Å². The van der Waals surface area contributed by atoms with Crippen LogP contribution in [0.5, 0.6) is 0 Å². The van der Waals surface area contributed by atoms with E-state index in [0.717, 1.165) is 49.9 Å². The Balaban J connectivity index is 1.65. The zero-order valence-corrected chi connectivity index (χ0v) is 12.5. The SMILES string of the molecule is C[C@]12CC[C@@H]3C4=C(CC[C@H]3[C@H]1CC[C@@H]2O)CC(=O)CC4. The van der Waals surface area contributed by atoms with Crippen LogP contribution >= 0.6 is 0 Å². The summed E-state index contributed by atoms with van der Waals surface area (Å²) in [6, 6.07) is 0. The van der Waals surface area contributed by atoms with Gasteiger partial charge in [-0.3, -0.25) is 4.79 Å². The second kappa shape index (κ2) is 4.43. The molecular weight excluding hydrogens is 248 g/mol. The molecule has 0 aliphatic heterocycles. The van der Waals surface area contributed by atoms with Gasteiger partial charge in [-0.05, 0) is 68.1 Å². The van der Waals surface area contributed by atoms with Crippen LogP contribution in [0.1, 0.15) is 64.7 Å². The molecule has 110 valence electrons. The monoisotopic (exact) mass is 274 g/mol. The van der Waals surface area contributed by atoms with E-state index in [0.29, 0.717) is 5.78 Å². The van der Waals surface area contributed by atoms with E-state index in [9.17, 15) is 9.90 Å². The number of aliphatic hydroxyl groups is 1. The Morgan fingerprint density at radius 1 is 1.10 bits per heavy atom. The van der Waals surface area contributed by atoms with E-state index in [1.807, 2.05) is 0 Å². The number of hydrogen-bond donors (Lipinski definition) is 1. The van der Waals surface area contributed by atoms with E-state index in [1.165, 1.54) is 31.3 Å². The molecule has 4 rings (SSSR count). The molecule has 0 unspecified atom stereocenters. The van der Waals surface area contributed by atoms with Gasteiger partial charge in [0.25, 0.3) is 0 Å². The molecule has 0 aromatic rings. The maximum Gasteiger partial charge on any atom is 0.137 e. The van der Waals surface area contributed by atoms with Crippen molar-refractivity contribution in [3.63, 3.8) is 0 Å². The normalized spacial score (nSPS) is 47.8. The second-order valence-electron chi connectivity index (χ2n) is 7.90. The first-order valence-corrected chi connectivity index (χ1v) is 8.50. The van der Waals surface area contributed by atoms with E-state index < -0.39 is 0 Å². The van der Waals surface area contributed by atoms with Crippen molar-refractivity contribution in [3.8, 4) is 0 Å². The van der Waals surface area contributed by atoms with E-state index in [2.05, 4.69) is 6.92 Å². The molecule has 2 saturated carbocycles. The summed E-state index contributed by atoms with van der Waals surface area (Å²) >= 11 is 0. The molecule has 1 N–H and O–H groups in total. The van der Waals surface area contributed by atoms with Crippen molar-refractivity contribution in [2.24, 2.45) is 23.2 Å². The topological polar surface area (TPSA) is 37.3 Å². The van der Waals surface area contributed by atoms with Crippen LogP contribution in [0.15, 0.2) is 11.1 Å². The van der Waals surface area contributed by atoms with Crippen LogP contribution in [0.2, 0.25) is 0 Å². The molecule has 20 heavy (non-hydrogen) atoms.